The topological polar surface area (TPSA) is 15.3 Å². The Balaban J connectivity index is 4.33. The lowest BCUT2D eigenvalue weighted by atomic mass is 9.86. The molecule has 122 valence electrons. The van der Waals surface area contributed by atoms with Gasteiger partial charge in [0, 0.05) is 13.1 Å². The van der Waals surface area contributed by atoms with Gasteiger partial charge in [0.05, 0.1) is 0 Å². The Bertz CT molecular complexity index is 207. The van der Waals surface area contributed by atoms with Crippen LogP contribution < -0.4 is 5.32 Å². The first-order valence-corrected chi connectivity index (χ1v) is 8.90. The highest BCUT2D eigenvalue weighted by Crippen LogP contribution is 2.22. The summed E-state index contributed by atoms with van der Waals surface area (Å²) in [6.45, 7) is 20.0. The molecule has 0 aromatic carbocycles. The highest BCUT2D eigenvalue weighted by atomic mass is 15.1. The lowest BCUT2D eigenvalue weighted by molar-refractivity contribution is 0.150. The van der Waals surface area contributed by atoms with E-state index in [-0.39, 0.29) is 0 Å². The van der Waals surface area contributed by atoms with Gasteiger partial charge in [-0.25, -0.2) is 0 Å². The fourth-order valence-electron chi connectivity index (χ4n) is 2.53. The van der Waals surface area contributed by atoms with Crippen LogP contribution in [0.25, 0.3) is 0 Å². The quantitative estimate of drug-likeness (QED) is 0.534. The molecule has 1 atom stereocenters. The molecule has 0 fully saturated rings. The van der Waals surface area contributed by atoms with Crippen LogP contribution in [0.4, 0.5) is 0 Å². The Morgan fingerprint density at radius 1 is 1.00 bits per heavy atom. The molecule has 0 aromatic rings. The van der Waals surface area contributed by atoms with E-state index in [0.717, 1.165) is 19.0 Å². The molecule has 1 unspecified atom stereocenters. The molecule has 2 nitrogen and oxygen atoms in total. The van der Waals surface area contributed by atoms with Crippen LogP contribution in [0.3, 0.4) is 0 Å². The zero-order valence-corrected chi connectivity index (χ0v) is 15.1. The van der Waals surface area contributed by atoms with Crippen molar-refractivity contribution in [2.45, 2.75) is 73.6 Å². The second-order valence-corrected chi connectivity index (χ2v) is 7.17. The molecule has 0 aliphatic heterocycles. The zero-order chi connectivity index (χ0) is 15.4. The van der Waals surface area contributed by atoms with Gasteiger partial charge in [-0.3, -0.25) is 0 Å². The summed E-state index contributed by atoms with van der Waals surface area (Å²) in [5.74, 6) is 0.743. The smallest absolute Gasteiger partial charge is 0.00474 e. The number of nitrogens with one attached hydrogen (secondary N) is 1. The summed E-state index contributed by atoms with van der Waals surface area (Å²) < 4.78 is 0. The minimum atomic E-state index is 0.413. The van der Waals surface area contributed by atoms with Crippen molar-refractivity contribution in [2.75, 3.05) is 32.7 Å². The fourth-order valence-corrected chi connectivity index (χ4v) is 2.53. The number of rotatable bonds is 13. The van der Waals surface area contributed by atoms with Gasteiger partial charge in [-0.2, -0.15) is 0 Å². The number of hydrogen-bond donors (Lipinski definition) is 1. The molecule has 2 heteroatoms. The summed E-state index contributed by atoms with van der Waals surface area (Å²) in [7, 11) is 0. The molecular formula is C18H40N2. The first-order chi connectivity index (χ1) is 9.47. The zero-order valence-electron chi connectivity index (χ0n) is 15.1. The van der Waals surface area contributed by atoms with Crippen molar-refractivity contribution < 1.29 is 0 Å². The highest BCUT2D eigenvalue weighted by Gasteiger charge is 2.24. The van der Waals surface area contributed by atoms with Crippen LogP contribution in [-0.4, -0.2) is 37.6 Å². The largest absolute Gasteiger partial charge is 0.316 e. The molecule has 0 saturated carbocycles. The molecular weight excluding hydrogens is 244 g/mol. The van der Waals surface area contributed by atoms with Crippen LogP contribution in [0.2, 0.25) is 0 Å². The van der Waals surface area contributed by atoms with Crippen molar-refractivity contribution in [2.24, 2.45) is 11.3 Å². The lowest BCUT2D eigenvalue weighted by Crippen LogP contribution is -2.43. The Morgan fingerprint density at radius 2 is 1.55 bits per heavy atom. The molecule has 0 aromatic heterocycles. The molecule has 0 amide bonds. The third-order valence-corrected chi connectivity index (χ3v) is 4.22. The van der Waals surface area contributed by atoms with Gasteiger partial charge in [0.2, 0.25) is 0 Å². The van der Waals surface area contributed by atoms with E-state index in [9.17, 15) is 0 Å². The van der Waals surface area contributed by atoms with Crippen molar-refractivity contribution in [3.63, 3.8) is 0 Å². The summed E-state index contributed by atoms with van der Waals surface area (Å²) in [5, 5.41) is 3.67. The van der Waals surface area contributed by atoms with Gasteiger partial charge in [0.1, 0.15) is 0 Å². The second kappa shape index (κ2) is 11.6. The first-order valence-electron chi connectivity index (χ1n) is 8.90. The number of hydrogen-bond acceptors (Lipinski definition) is 2. The molecule has 0 rings (SSSR count). The molecule has 0 spiro atoms. The Morgan fingerprint density at radius 3 is 1.95 bits per heavy atom. The van der Waals surface area contributed by atoms with E-state index in [1.807, 2.05) is 0 Å². The van der Waals surface area contributed by atoms with Crippen LogP contribution in [0.5, 0.6) is 0 Å². The van der Waals surface area contributed by atoms with Crippen LogP contribution in [0.1, 0.15) is 73.6 Å². The maximum Gasteiger partial charge on any atom is 0.00474 e. The van der Waals surface area contributed by atoms with Crippen molar-refractivity contribution in [3.05, 3.63) is 0 Å². The van der Waals surface area contributed by atoms with Crippen LogP contribution >= 0.6 is 0 Å². The van der Waals surface area contributed by atoms with Crippen molar-refractivity contribution in [1.29, 1.82) is 0 Å². The number of unbranched alkanes of at least 4 members (excludes halogenated alkanes) is 2. The normalized spacial score (nSPS) is 15.0. The molecule has 0 heterocycles. The molecule has 1 N–H and O–H groups in total. The predicted octanol–water partition coefficient (Wildman–Crippen LogP) is 4.55. The summed E-state index contributed by atoms with van der Waals surface area (Å²) >= 11 is 0. The van der Waals surface area contributed by atoms with Gasteiger partial charge in [-0.05, 0) is 50.2 Å². The maximum absolute atomic E-state index is 3.67. The van der Waals surface area contributed by atoms with E-state index in [1.54, 1.807) is 0 Å². The van der Waals surface area contributed by atoms with E-state index in [0.29, 0.717) is 5.41 Å². The third-order valence-electron chi connectivity index (χ3n) is 4.22. The number of nitrogens with zero attached hydrogens (tertiary/aromatic N) is 1. The van der Waals surface area contributed by atoms with E-state index in [4.69, 9.17) is 0 Å². The van der Waals surface area contributed by atoms with E-state index in [1.165, 1.54) is 51.7 Å². The van der Waals surface area contributed by atoms with Crippen LogP contribution in [0.15, 0.2) is 0 Å². The Hall–Kier alpha value is -0.0800. The van der Waals surface area contributed by atoms with Crippen LogP contribution in [-0.2, 0) is 0 Å². The van der Waals surface area contributed by atoms with Gasteiger partial charge < -0.3 is 10.2 Å². The molecule has 0 radical (unpaired) electrons. The van der Waals surface area contributed by atoms with Gasteiger partial charge in [0.15, 0.2) is 0 Å². The average molecular weight is 285 g/mol. The molecule has 0 aliphatic carbocycles. The predicted molar refractivity (Wildman–Crippen MR) is 92.4 cm³/mol. The first kappa shape index (κ1) is 19.9. The van der Waals surface area contributed by atoms with Crippen molar-refractivity contribution in [3.8, 4) is 0 Å². The second-order valence-electron chi connectivity index (χ2n) is 7.17. The summed E-state index contributed by atoms with van der Waals surface area (Å²) in [5.41, 5.74) is 0.413. The fraction of sp³-hybridized carbons (Fsp3) is 1.00. The maximum atomic E-state index is 3.67. The lowest BCUT2D eigenvalue weighted by Gasteiger charge is -2.35. The molecule has 0 aliphatic rings. The minimum absolute atomic E-state index is 0.413. The molecule has 0 bridgehead atoms. The summed E-state index contributed by atoms with van der Waals surface area (Å²) in [6, 6.07) is 0. The third kappa shape index (κ3) is 9.77. The van der Waals surface area contributed by atoms with Gasteiger partial charge >= 0.3 is 0 Å². The highest BCUT2D eigenvalue weighted by molar-refractivity contribution is 4.80. The van der Waals surface area contributed by atoms with Crippen molar-refractivity contribution in [1.82, 2.24) is 10.2 Å². The van der Waals surface area contributed by atoms with Gasteiger partial charge in [-0.15, -0.1) is 0 Å². The molecule has 20 heavy (non-hydrogen) atoms. The summed E-state index contributed by atoms with van der Waals surface area (Å²) in [4.78, 5) is 2.70. The van der Waals surface area contributed by atoms with Crippen LogP contribution in [0, 0.1) is 11.3 Å². The Kier molecular flexibility index (Phi) is 11.5. The van der Waals surface area contributed by atoms with E-state index >= 15 is 0 Å². The molecule has 0 saturated heterocycles. The SMILES string of the molecule is CCCCN(CCCC)CC(C)(CC)CNCC(C)C. The van der Waals surface area contributed by atoms with E-state index in [2.05, 4.69) is 51.8 Å². The minimum Gasteiger partial charge on any atom is -0.316 e. The monoisotopic (exact) mass is 284 g/mol. The average Bonchev–Trinajstić information content (AvgIpc) is 2.41. The van der Waals surface area contributed by atoms with E-state index < -0.39 is 0 Å². The Labute approximate surface area is 128 Å². The summed E-state index contributed by atoms with van der Waals surface area (Å²) in [6.07, 6.45) is 6.53. The van der Waals surface area contributed by atoms with Gasteiger partial charge in [-0.1, -0.05) is 54.4 Å². The standard InChI is InChI=1S/C18H40N2/c1-7-10-12-20(13-11-8-2)16-18(6,9-3)15-19-14-17(4)5/h17,19H,7-16H2,1-6H3. The van der Waals surface area contributed by atoms with Crippen molar-refractivity contribution >= 4 is 0 Å². The van der Waals surface area contributed by atoms with Gasteiger partial charge in [0.25, 0.3) is 0 Å².